The number of anilines is 1. The Morgan fingerprint density at radius 2 is 1.60 bits per heavy atom. The number of hydrogen-bond acceptors (Lipinski definition) is 6. The molecular weight excluding hydrogens is 470 g/mol. The molecule has 0 radical (unpaired) electrons. The van der Waals surface area contributed by atoms with Gasteiger partial charge in [-0.05, 0) is 50.8 Å². The number of carbonyl (C=O) groups is 1. The zero-order valence-electron chi connectivity index (χ0n) is 20.5. The summed E-state index contributed by atoms with van der Waals surface area (Å²) in [6.07, 6.45) is 2.17. The molecule has 0 aliphatic carbocycles. The van der Waals surface area contributed by atoms with Crippen LogP contribution in [-0.4, -0.2) is 45.8 Å². The normalized spacial score (nSPS) is 15.5. The number of aromatic nitrogens is 3. The molecule has 3 aromatic rings. The summed E-state index contributed by atoms with van der Waals surface area (Å²) in [7, 11) is -0.752. The molecule has 0 saturated carbocycles. The average molecular weight is 500 g/mol. The maximum absolute atomic E-state index is 13.3. The standard InChI is InChI=1S/C24H29N5O5S/c1-14-10-15(2)20(16(3)11-14)35(33,34)29-8-6-17(7-9-29)22(30)26-18-12-19-21(25-13-18)27(4)24(32)28(5)23(19)31/h10-13,17H,6-9H2,1-5H3,(H,26,30). The van der Waals surface area contributed by atoms with Gasteiger partial charge in [-0.15, -0.1) is 0 Å². The van der Waals surface area contributed by atoms with E-state index in [0.29, 0.717) is 23.4 Å². The van der Waals surface area contributed by atoms with E-state index in [0.717, 1.165) is 21.3 Å². The van der Waals surface area contributed by atoms with E-state index in [1.165, 1.54) is 35.2 Å². The van der Waals surface area contributed by atoms with Gasteiger partial charge in [-0.3, -0.25) is 18.7 Å². The van der Waals surface area contributed by atoms with Crippen LogP contribution in [0.3, 0.4) is 0 Å². The van der Waals surface area contributed by atoms with E-state index in [1.54, 1.807) is 13.8 Å². The van der Waals surface area contributed by atoms with E-state index in [9.17, 15) is 22.8 Å². The molecule has 11 heteroatoms. The van der Waals surface area contributed by atoms with Gasteiger partial charge in [-0.2, -0.15) is 4.31 Å². The first-order chi connectivity index (χ1) is 16.4. The largest absolute Gasteiger partial charge is 0.332 e. The lowest BCUT2D eigenvalue weighted by Gasteiger charge is -2.31. The zero-order valence-corrected chi connectivity index (χ0v) is 21.3. The molecule has 1 fully saturated rings. The Balaban J connectivity index is 1.49. The van der Waals surface area contributed by atoms with Gasteiger partial charge >= 0.3 is 5.69 Å². The van der Waals surface area contributed by atoms with Crippen molar-refractivity contribution in [2.45, 2.75) is 38.5 Å². The molecule has 1 aliphatic rings. The van der Waals surface area contributed by atoms with Gasteiger partial charge in [0.15, 0.2) is 0 Å². The second-order valence-electron chi connectivity index (χ2n) is 9.20. The third-order valence-electron chi connectivity index (χ3n) is 6.59. The number of sulfonamides is 1. The van der Waals surface area contributed by atoms with Crippen molar-refractivity contribution >= 4 is 32.7 Å². The highest BCUT2D eigenvalue weighted by atomic mass is 32.2. The summed E-state index contributed by atoms with van der Waals surface area (Å²) in [5.74, 6) is -0.632. The highest BCUT2D eigenvalue weighted by Crippen LogP contribution is 2.29. The van der Waals surface area contributed by atoms with Gasteiger partial charge in [0.25, 0.3) is 5.56 Å². The Morgan fingerprint density at radius 3 is 2.20 bits per heavy atom. The van der Waals surface area contributed by atoms with Gasteiger partial charge in [0.2, 0.25) is 15.9 Å². The zero-order chi connectivity index (χ0) is 25.7. The number of pyridine rings is 1. The summed E-state index contributed by atoms with van der Waals surface area (Å²) in [5.41, 5.74) is 2.05. The SMILES string of the molecule is Cc1cc(C)c(S(=O)(=O)N2CCC(C(=O)Nc3cnc4c(c3)c(=O)n(C)c(=O)n4C)CC2)c(C)c1. The minimum atomic E-state index is -3.66. The molecule has 1 aromatic carbocycles. The Morgan fingerprint density at radius 1 is 1.00 bits per heavy atom. The molecule has 1 amide bonds. The van der Waals surface area contributed by atoms with Gasteiger partial charge in [-0.25, -0.2) is 18.2 Å². The quantitative estimate of drug-likeness (QED) is 0.582. The third kappa shape index (κ3) is 4.41. The minimum Gasteiger partial charge on any atom is -0.324 e. The number of rotatable bonds is 4. The number of carbonyl (C=O) groups excluding carboxylic acids is 1. The number of nitrogens with zero attached hydrogens (tertiary/aromatic N) is 4. The van der Waals surface area contributed by atoms with Crippen molar-refractivity contribution in [1.29, 1.82) is 0 Å². The molecule has 0 spiro atoms. The Bertz CT molecular complexity index is 1540. The first kappa shape index (κ1) is 24.8. The predicted molar refractivity (Wildman–Crippen MR) is 133 cm³/mol. The molecule has 1 aliphatic heterocycles. The molecule has 2 aromatic heterocycles. The molecule has 186 valence electrons. The van der Waals surface area contributed by atoms with E-state index >= 15 is 0 Å². The van der Waals surface area contributed by atoms with Gasteiger partial charge in [0, 0.05) is 33.1 Å². The smallest absolute Gasteiger partial charge is 0.324 e. The fraction of sp³-hybridized carbons (Fsp3) is 0.417. The first-order valence-electron chi connectivity index (χ1n) is 11.4. The van der Waals surface area contributed by atoms with Crippen LogP contribution in [0.5, 0.6) is 0 Å². The van der Waals surface area contributed by atoms with Crippen LogP contribution in [0, 0.1) is 26.7 Å². The van der Waals surface area contributed by atoms with E-state index in [1.807, 2.05) is 19.1 Å². The van der Waals surface area contributed by atoms with Gasteiger partial charge in [-0.1, -0.05) is 17.7 Å². The fourth-order valence-corrected chi connectivity index (χ4v) is 6.72. The number of piperidine rings is 1. The van der Waals surface area contributed by atoms with Crippen LogP contribution in [-0.2, 0) is 28.9 Å². The van der Waals surface area contributed by atoms with E-state index in [-0.39, 0.29) is 35.9 Å². The number of nitrogens with one attached hydrogen (secondary N) is 1. The van der Waals surface area contributed by atoms with Crippen LogP contribution >= 0.6 is 0 Å². The number of amides is 1. The summed E-state index contributed by atoms with van der Waals surface area (Å²) < 4.78 is 30.3. The highest BCUT2D eigenvalue weighted by Gasteiger charge is 2.33. The summed E-state index contributed by atoms with van der Waals surface area (Å²) in [5, 5.41) is 3.01. The Hall–Kier alpha value is -3.31. The van der Waals surface area contributed by atoms with Crippen molar-refractivity contribution in [1.82, 2.24) is 18.4 Å². The molecular formula is C24H29N5O5S. The highest BCUT2D eigenvalue weighted by molar-refractivity contribution is 7.89. The second kappa shape index (κ2) is 9.04. The van der Waals surface area contributed by atoms with Gasteiger partial charge in [0.1, 0.15) is 5.65 Å². The summed E-state index contributed by atoms with van der Waals surface area (Å²) in [4.78, 5) is 42.0. The molecule has 0 unspecified atom stereocenters. The van der Waals surface area contributed by atoms with Crippen molar-refractivity contribution < 1.29 is 13.2 Å². The van der Waals surface area contributed by atoms with Crippen LogP contribution in [0.4, 0.5) is 5.69 Å². The Labute approximate surface area is 203 Å². The van der Waals surface area contributed by atoms with Crippen LogP contribution in [0.25, 0.3) is 11.0 Å². The summed E-state index contributed by atoms with van der Waals surface area (Å²) in [6.45, 7) is 6.02. The lowest BCUT2D eigenvalue weighted by Crippen LogP contribution is -2.41. The number of hydrogen-bond donors (Lipinski definition) is 1. The maximum Gasteiger partial charge on any atom is 0.332 e. The predicted octanol–water partition coefficient (Wildman–Crippen LogP) is 1.60. The van der Waals surface area contributed by atoms with Gasteiger partial charge < -0.3 is 5.32 Å². The van der Waals surface area contributed by atoms with Crippen molar-refractivity contribution in [2.24, 2.45) is 20.0 Å². The fourth-order valence-electron chi connectivity index (χ4n) is 4.84. The molecule has 0 atom stereocenters. The van der Waals surface area contributed by atoms with Crippen LogP contribution < -0.4 is 16.6 Å². The topological polar surface area (TPSA) is 123 Å². The lowest BCUT2D eigenvalue weighted by atomic mass is 9.97. The van der Waals surface area contributed by atoms with E-state index in [2.05, 4.69) is 10.3 Å². The van der Waals surface area contributed by atoms with Crippen molar-refractivity contribution in [3.63, 3.8) is 0 Å². The minimum absolute atomic E-state index is 0.220. The average Bonchev–Trinajstić information content (AvgIpc) is 2.80. The van der Waals surface area contributed by atoms with Crippen molar-refractivity contribution in [3.05, 3.63) is 61.9 Å². The van der Waals surface area contributed by atoms with E-state index < -0.39 is 21.3 Å². The molecule has 1 N–H and O–H groups in total. The van der Waals surface area contributed by atoms with Crippen LogP contribution in [0.1, 0.15) is 29.5 Å². The van der Waals surface area contributed by atoms with Crippen molar-refractivity contribution in [2.75, 3.05) is 18.4 Å². The first-order valence-corrected chi connectivity index (χ1v) is 12.8. The maximum atomic E-state index is 13.3. The van der Waals surface area contributed by atoms with E-state index in [4.69, 9.17) is 0 Å². The third-order valence-corrected chi connectivity index (χ3v) is 8.79. The summed E-state index contributed by atoms with van der Waals surface area (Å²) in [6, 6.07) is 5.23. The molecule has 10 nitrogen and oxygen atoms in total. The Kier molecular flexibility index (Phi) is 6.41. The number of benzene rings is 1. The number of aryl methyl sites for hydroxylation is 4. The number of fused-ring (bicyclic) bond motifs is 1. The van der Waals surface area contributed by atoms with Crippen LogP contribution in [0.15, 0.2) is 38.9 Å². The molecule has 0 bridgehead atoms. The second-order valence-corrected chi connectivity index (χ2v) is 11.1. The summed E-state index contributed by atoms with van der Waals surface area (Å²) >= 11 is 0. The molecule has 4 rings (SSSR count). The van der Waals surface area contributed by atoms with Crippen LogP contribution in [0.2, 0.25) is 0 Å². The molecule has 1 saturated heterocycles. The molecule has 3 heterocycles. The van der Waals surface area contributed by atoms with Crippen molar-refractivity contribution in [3.8, 4) is 0 Å². The molecule has 35 heavy (non-hydrogen) atoms. The lowest BCUT2D eigenvalue weighted by molar-refractivity contribution is -0.120. The monoisotopic (exact) mass is 499 g/mol. The van der Waals surface area contributed by atoms with Gasteiger partial charge in [0.05, 0.1) is 22.2 Å².